The summed E-state index contributed by atoms with van der Waals surface area (Å²) in [6.45, 7) is -1.06. The third-order valence-electron chi connectivity index (χ3n) is 2.88. The van der Waals surface area contributed by atoms with Gasteiger partial charge in [-0.25, -0.2) is 39.2 Å². The van der Waals surface area contributed by atoms with Crippen molar-refractivity contribution in [3.05, 3.63) is 0 Å². The second-order valence-electron chi connectivity index (χ2n) is 4.81. The topological polar surface area (TPSA) is 57.2 Å². The van der Waals surface area contributed by atoms with Crippen LogP contribution in [0.15, 0.2) is 0 Å². The summed E-state index contributed by atoms with van der Waals surface area (Å²) in [6, 6.07) is 0. The van der Waals surface area contributed by atoms with Crippen molar-refractivity contribution in [1.82, 2.24) is 0 Å². The van der Waals surface area contributed by atoms with Gasteiger partial charge in [0, 0.05) is 0 Å². The molecule has 0 radical (unpaired) electrons. The second kappa shape index (κ2) is 11.9. The Kier molecular flexibility index (Phi) is 13.1. The van der Waals surface area contributed by atoms with Crippen LogP contribution >= 0.6 is 0 Å². The molecular weight excluding hydrogens is 387 g/mol. The predicted octanol–water partition coefficient (Wildman–Crippen LogP) is -0.348. The Hall–Kier alpha value is 0.350. The Balaban J connectivity index is 0. The molecule has 0 aromatic carbocycles. The van der Waals surface area contributed by atoms with Crippen LogP contribution < -0.4 is 29.6 Å². The Labute approximate surface area is 156 Å². The summed E-state index contributed by atoms with van der Waals surface area (Å²) >= 11 is 0. The van der Waals surface area contributed by atoms with Crippen molar-refractivity contribution in [2.45, 2.75) is 56.0 Å². The summed E-state index contributed by atoms with van der Waals surface area (Å²) in [5, 5.41) is 0. The van der Waals surface area contributed by atoms with Crippen molar-refractivity contribution in [3.63, 3.8) is 0 Å². The molecule has 0 saturated heterocycles. The van der Waals surface area contributed by atoms with E-state index in [9.17, 15) is 48.1 Å². The molecule has 0 saturated carbocycles. The third-order valence-corrected chi connectivity index (χ3v) is 3.61. The van der Waals surface area contributed by atoms with Gasteiger partial charge in [-0.1, -0.05) is 0 Å². The molecule has 0 fully saturated rings. The Bertz CT molecular complexity index is 443. The van der Waals surface area contributed by atoms with Crippen molar-refractivity contribution in [2.24, 2.45) is 0 Å². The number of alkyl halides is 8. The summed E-state index contributed by atoms with van der Waals surface area (Å²) in [4.78, 5) is 0. The minimum absolute atomic E-state index is 0. The smallest absolute Gasteiger partial charge is 0.748 e. The van der Waals surface area contributed by atoms with Crippen LogP contribution in [0.5, 0.6) is 0 Å². The van der Waals surface area contributed by atoms with Crippen LogP contribution in [-0.2, 0) is 10.1 Å². The largest absolute Gasteiger partial charge is 1.00 e. The number of hydrogen-bond acceptors (Lipinski definition) is 3. The van der Waals surface area contributed by atoms with Crippen LogP contribution in [-0.4, -0.2) is 68.6 Å². The SMILES string of the molecule is O=S(=O)([O-])CC(F)C(F)C(F)C(F)C(F)C(F)C(F)CCCF.[Na+]. The summed E-state index contributed by atoms with van der Waals surface area (Å²) in [5.41, 5.74) is 0. The molecule has 24 heavy (non-hydrogen) atoms. The molecule has 0 bridgehead atoms. The van der Waals surface area contributed by atoms with E-state index in [1.807, 2.05) is 0 Å². The van der Waals surface area contributed by atoms with Gasteiger partial charge in [0.25, 0.3) is 0 Å². The van der Waals surface area contributed by atoms with Gasteiger partial charge in [0.05, 0.1) is 22.5 Å². The second-order valence-corrected chi connectivity index (χ2v) is 6.26. The molecule has 13 heteroatoms. The van der Waals surface area contributed by atoms with Crippen LogP contribution in [0.4, 0.5) is 35.1 Å². The van der Waals surface area contributed by atoms with Crippen molar-refractivity contribution in [3.8, 4) is 0 Å². The number of rotatable bonds is 11. The molecule has 140 valence electrons. The van der Waals surface area contributed by atoms with Crippen LogP contribution in [0.2, 0.25) is 0 Å². The van der Waals surface area contributed by atoms with E-state index >= 15 is 0 Å². The summed E-state index contributed by atoms with van der Waals surface area (Å²) in [5.74, 6) is -2.03. The fourth-order valence-corrected chi connectivity index (χ4v) is 2.22. The van der Waals surface area contributed by atoms with E-state index < -0.39 is 78.6 Å². The quantitative estimate of drug-likeness (QED) is 0.270. The van der Waals surface area contributed by atoms with Crippen LogP contribution in [0.1, 0.15) is 12.8 Å². The molecule has 0 rings (SSSR count). The third kappa shape index (κ3) is 9.16. The molecule has 3 nitrogen and oxygen atoms in total. The van der Waals surface area contributed by atoms with Gasteiger partial charge < -0.3 is 4.55 Å². The van der Waals surface area contributed by atoms with Gasteiger partial charge in [-0.3, -0.25) is 4.39 Å². The first-order valence-electron chi connectivity index (χ1n) is 6.40. The fraction of sp³-hybridized carbons (Fsp3) is 1.00. The van der Waals surface area contributed by atoms with Crippen molar-refractivity contribution in [1.29, 1.82) is 0 Å². The van der Waals surface area contributed by atoms with Gasteiger partial charge in [0.1, 0.15) is 12.3 Å². The molecule has 0 spiro atoms. The Morgan fingerprint density at radius 2 is 1.12 bits per heavy atom. The molecule has 0 amide bonds. The maximum Gasteiger partial charge on any atom is 1.00 e. The summed E-state index contributed by atoms with van der Waals surface area (Å²) in [7, 11) is -5.31. The first kappa shape index (κ1) is 26.6. The van der Waals surface area contributed by atoms with Gasteiger partial charge in [0.15, 0.2) is 30.9 Å². The van der Waals surface area contributed by atoms with E-state index in [0.717, 1.165) is 0 Å². The summed E-state index contributed by atoms with van der Waals surface area (Å²) in [6.07, 6.45) is -25.0. The van der Waals surface area contributed by atoms with Crippen molar-refractivity contribution in [2.75, 3.05) is 12.4 Å². The Morgan fingerprint density at radius 3 is 1.50 bits per heavy atom. The molecular formula is C11H15F8NaO3S. The first-order chi connectivity index (χ1) is 10.4. The van der Waals surface area contributed by atoms with E-state index in [4.69, 9.17) is 0 Å². The maximum absolute atomic E-state index is 13.3. The van der Waals surface area contributed by atoms with Gasteiger partial charge in [-0.2, -0.15) is 0 Å². The normalized spacial score (nSPS) is 21.0. The zero-order chi connectivity index (χ0) is 18.4. The molecule has 0 aliphatic heterocycles. The van der Waals surface area contributed by atoms with E-state index in [0.29, 0.717) is 0 Å². The minimum Gasteiger partial charge on any atom is -0.748 e. The average molecular weight is 402 g/mol. The molecule has 7 atom stereocenters. The zero-order valence-corrected chi connectivity index (χ0v) is 15.3. The van der Waals surface area contributed by atoms with E-state index in [-0.39, 0.29) is 29.6 Å². The van der Waals surface area contributed by atoms with E-state index in [1.54, 1.807) is 0 Å². The molecule has 0 heterocycles. The van der Waals surface area contributed by atoms with Crippen molar-refractivity contribution < 1.29 is 77.7 Å². The monoisotopic (exact) mass is 402 g/mol. The molecule has 0 aliphatic rings. The zero-order valence-electron chi connectivity index (χ0n) is 12.5. The average Bonchev–Trinajstić information content (AvgIpc) is 2.46. The predicted molar refractivity (Wildman–Crippen MR) is 64.0 cm³/mol. The number of halogens is 8. The first-order valence-corrected chi connectivity index (χ1v) is 7.98. The van der Waals surface area contributed by atoms with Crippen LogP contribution in [0, 0.1) is 0 Å². The van der Waals surface area contributed by atoms with Gasteiger partial charge >= 0.3 is 29.6 Å². The Morgan fingerprint density at radius 1 is 0.750 bits per heavy atom. The van der Waals surface area contributed by atoms with Gasteiger partial charge in [-0.05, 0) is 12.8 Å². The van der Waals surface area contributed by atoms with E-state index in [2.05, 4.69) is 0 Å². The number of hydrogen-bond donors (Lipinski definition) is 0. The molecule has 0 aliphatic carbocycles. The standard InChI is InChI=1S/C11H16F8O3S.Na/c12-3-1-2-5(13)7(15)9(17)11(19)10(18)8(16)6(14)4-23(20,21)22;/h5-11H,1-4H2,(H,20,21,22);/q;+1/p-1. The van der Waals surface area contributed by atoms with Gasteiger partial charge in [-0.15, -0.1) is 0 Å². The molecule has 0 N–H and O–H groups in total. The van der Waals surface area contributed by atoms with Crippen LogP contribution in [0.25, 0.3) is 0 Å². The molecule has 0 aromatic rings. The minimum atomic E-state index is -5.31. The van der Waals surface area contributed by atoms with Crippen molar-refractivity contribution >= 4 is 10.1 Å². The van der Waals surface area contributed by atoms with Gasteiger partial charge in [0.2, 0.25) is 0 Å². The molecule has 7 unspecified atom stereocenters. The van der Waals surface area contributed by atoms with E-state index in [1.165, 1.54) is 0 Å². The van der Waals surface area contributed by atoms with Crippen LogP contribution in [0.3, 0.4) is 0 Å². The maximum atomic E-state index is 13.3. The summed E-state index contributed by atoms with van der Waals surface area (Å²) < 4.78 is 135. The molecule has 0 aromatic heterocycles. The fourth-order valence-electron chi connectivity index (χ4n) is 1.64.